The highest BCUT2D eigenvalue weighted by atomic mass is 16.5. The van der Waals surface area contributed by atoms with Gasteiger partial charge in [-0.25, -0.2) is 0 Å². The van der Waals surface area contributed by atoms with E-state index in [0.717, 1.165) is 38.2 Å². The topological polar surface area (TPSA) is 79.5 Å². The maximum atomic E-state index is 12.7. The molecule has 0 N–H and O–H groups in total. The second-order valence-corrected chi connectivity index (χ2v) is 7.49. The molecule has 0 radical (unpaired) electrons. The minimum Gasteiger partial charge on any atom is -0.345 e. The van der Waals surface area contributed by atoms with Crippen LogP contribution in [-0.2, 0) is 16.0 Å². The van der Waals surface area contributed by atoms with Gasteiger partial charge in [0.2, 0.25) is 17.7 Å². The van der Waals surface area contributed by atoms with E-state index in [1.807, 2.05) is 4.90 Å². The monoisotopic (exact) mass is 332 g/mol. The van der Waals surface area contributed by atoms with Crippen molar-refractivity contribution in [1.29, 1.82) is 0 Å². The number of rotatable bonds is 4. The summed E-state index contributed by atoms with van der Waals surface area (Å²) in [6.07, 6.45) is 5.50. The van der Waals surface area contributed by atoms with Crippen LogP contribution in [0.3, 0.4) is 0 Å². The van der Waals surface area contributed by atoms with Gasteiger partial charge in [0.05, 0.1) is 5.92 Å². The van der Waals surface area contributed by atoms with E-state index >= 15 is 0 Å². The van der Waals surface area contributed by atoms with Gasteiger partial charge in [0.1, 0.15) is 0 Å². The van der Waals surface area contributed by atoms with Gasteiger partial charge in [-0.1, -0.05) is 5.16 Å². The molecule has 2 aliphatic heterocycles. The van der Waals surface area contributed by atoms with E-state index < -0.39 is 0 Å². The van der Waals surface area contributed by atoms with E-state index in [2.05, 4.69) is 10.1 Å². The maximum absolute atomic E-state index is 12.7. The van der Waals surface area contributed by atoms with Gasteiger partial charge >= 0.3 is 0 Å². The first kappa shape index (κ1) is 15.6. The first-order chi connectivity index (χ1) is 11.6. The number of amides is 2. The van der Waals surface area contributed by atoms with Crippen molar-refractivity contribution in [3.05, 3.63) is 11.7 Å². The smallest absolute Gasteiger partial charge is 0.228 e. The Kier molecular flexibility index (Phi) is 4.02. The van der Waals surface area contributed by atoms with Crippen LogP contribution in [0.1, 0.15) is 49.7 Å². The van der Waals surface area contributed by atoms with Crippen molar-refractivity contribution in [2.75, 3.05) is 26.7 Å². The van der Waals surface area contributed by atoms with Crippen molar-refractivity contribution < 1.29 is 14.1 Å². The Balaban J connectivity index is 1.34. The summed E-state index contributed by atoms with van der Waals surface area (Å²) in [7, 11) is 1.77. The van der Waals surface area contributed by atoms with Gasteiger partial charge in [-0.05, 0) is 31.6 Å². The predicted octanol–water partition coefficient (Wildman–Crippen LogP) is 1.21. The highest BCUT2D eigenvalue weighted by Crippen LogP contribution is 2.38. The van der Waals surface area contributed by atoms with Crippen LogP contribution in [0, 0.1) is 11.8 Å². The van der Waals surface area contributed by atoms with Gasteiger partial charge in [-0.3, -0.25) is 9.59 Å². The van der Waals surface area contributed by atoms with E-state index in [1.165, 1.54) is 12.8 Å². The zero-order valence-corrected chi connectivity index (χ0v) is 14.1. The van der Waals surface area contributed by atoms with Crippen LogP contribution in [0.15, 0.2) is 4.52 Å². The summed E-state index contributed by atoms with van der Waals surface area (Å²) in [6.45, 7) is 2.07. The Morgan fingerprint density at radius 2 is 2.12 bits per heavy atom. The third-order valence-corrected chi connectivity index (χ3v) is 5.41. The Labute approximate surface area is 141 Å². The summed E-state index contributed by atoms with van der Waals surface area (Å²) in [6, 6.07) is 0. The molecule has 3 fully saturated rings. The fraction of sp³-hybridized carbons (Fsp3) is 0.765. The summed E-state index contributed by atoms with van der Waals surface area (Å²) in [5.74, 6) is 2.44. The first-order valence-corrected chi connectivity index (χ1v) is 8.95. The highest BCUT2D eigenvalue weighted by molar-refractivity contribution is 5.89. The van der Waals surface area contributed by atoms with E-state index in [1.54, 1.807) is 11.9 Å². The molecule has 0 aromatic carbocycles. The Morgan fingerprint density at radius 1 is 1.29 bits per heavy atom. The van der Waals surface area contributed by atoms with Crippen molar-refractivity contribution in [2.45, 2.75) is 44.4 Å². The molecule has 1 aromatic rings. The van der Waals surface area contributed by atoms with Crippen LogP contribution in [0.2, 0.25) is 0 Å². The summed E-state index contributed by atoms with van der Waals surface area (Å²) < 4.78 is 5.38. The molecule has 4 rings (SSSR count). The van der Waals surface area contributed by atoms with E-state index in [9.17, 15) is 9.59 Å². The van der Waals surface area contributed by atoms with Gasteiger partial charge in [0, 0.05) is 45.4 Å². The maximum Gasteiger partial charge on any atom is 0.228 e. The SMILES string of the molecule is CN1C[C@@H](C(=O)N2CCC[C@@H](Cc3nc(C4CC4)no3)C2)CC1=O. The lowest BCUT2D eigenvalue weighted by Crippen LogP contribution is -2.44. The molecule has 1 aromatic heterocycles. The molecule has 0 bridgehead atoms. The fourth-order valence-corrected chi connectivity index (χ4v) is 3.82. The molecule has 3 heterocycles. The largest absolute Gasteiger partial charge is 0.345 e. The Hall–Kier alpha value is -1.92. The standard InChI is InChI=1S/C17H24N4O3/c1-20-10-13(8-15(20)22)17(23)21-6-2-3-11(9-21)7-14-18-16(19-24-14)12-4-5-12/h11-13H,2-10H2,1H3/t11-,13-/m0/s1. The molecule has 7 heteroatoms. The zero-order chi connectivity index (χ0) is 16.7. The molecule has 1 saturated carbocycles. The third kappa shape index (κ3) is 3.16. The lowest BCUT2D eigenvalue weighted by Gasteiger charge is -2.33. The summed E-state index contributed by atoms with van der Waals surface area (Å²) in [5.41, 5.74) is 0. The van der Waals surface area contributed by atoms with Gasteiger partial charge in [0.15, 0.2) is 5.82 Å². The molecule has 0 spiro atoms. The number of nitrogens with zero attached hydrogens (tertiary/aromatic N) is 4. The molecule has 130 valence electrons. The zero-order valence-electron chi connectivity index (χ0n) is 14.1. The van der Waals surface area contributed by atoms with Crippen LogP contribution in [-0.4, -0.2) is 58.4 Å². The molecular weight excluding hydrogens is 308 g/mol. The van der Waals surface area contributed by atoms with Crippen LogP contribution in [0.4, 0.5) is 0 Å². The van der Waals surface area contributed by atoms with Crippen molar-refractivity contribution in [3.63, 3.8) is 0 Å². The minimum atomic E-state index is -0.175. The quantitative estimate of drug-likeness (QED) is 0.828. The minimum absolute atomic E-state index is 0.0698. The van der Waals surface area contributed by atoms with Crippen LogP contribution >= 0.6 is 0 Å². The van der Waals surface area contributed by atoms with Crippen molar-refractivity contribution >= 4 is 11.8 Å². The molecule has 24 heavy (non-hydrogen) atoms. The van der Waals surface area contributed by atoms with E-state index in [4.69, 9.17) is 4.52 Å². The summed E-state index contributed by atoms with van der Waals surface area (Å²) >= 11 is 0. The van der Waals surface area contributed by atoms with Gasteiger partial charge in [-0.15, -0.1) is 0 Å². The van der Waals surface area contributed by atoms with Crippen LogP contribution < -0.4 is 0 Å². The number of carbonyl (C=O) groups is 2. The van der Waals surface area contributed by atoms with Gasteiger partial charge in [0.25, 0.3) is 0 Å². The first-order valence-electron chi connectivity index (χ1n) is 8.95. The molecule has 2 atom stereocenters. The molecular formula is C17H24N4O3. The molecule has 2 saturated heterocycles. The van der Waals surface area contributed by atoms with Gasteiger partial charge < -0.3 is 14.3 Å². The van der Waals surface area contributed by atoms with E-state index in [0.29, 0.717) is 30.7 Å². The van der Waals surface area contributed by atoms with Gasteiger partial charge in [-0.2, -0.15) is 4.98 Å². The number of carbonyl (C=O) groups excluding carboxylic acids is 2. The Bertz CT molecular complexity index is 640. The second kappa shape index (κ2) is 6.18. The summed E-state index contributed by atoms with van der Waals surface area (Å²) in [4.78, 5) is 32.4. The molecule has 1 aliphatic carbocycles. The molecule has 0 unspecified atom stereocenters. The fourth-order valence-electron chi connectivity index (χ4n) is 3.82. The van der Waals surface area contributed by atoms with Crippen LogP contribution in [0.5, 0.6) is 0 Å². The molecule has 2 amide bonds. The number of hydrogen-bond acceptors (Lipinski definition) is 5. The van der Waals surface area contributed by atoms with Crippen LogP contribution in [0.25, 0.3) is 0 Å². The number of likely N-dealkylation sites (tertiary alicyclic amines) is 2. The second-order valence-electron chi connectivity index (χ2n) is 7.49. The third-order valence-electron chi connectivity index (χ3n) is 5.41. The van der Waals surface area contributed by atoms with Crippen molar-refractivity contribution in [3.8, 4) is 0 Å². The van der Waals surface area contributed by atoms with E-state index in [-0.39, 0.29) is 17.7 Å². The lowest BCUT2D eigenvalue weighted by atomic mass is 9.93. The average molecular weight is 332 g/mol. The number of aromatic nitrogens is 2. The lowest BCUT2D eigenvalue weighted by molar-refractivity contribution is -0.137. The normalized spacial score (nSPS) is 27.8. The highest BCUT2D eigenvalue weighted by Gasteiger charge is 2.36. The van der Waals surface area contributed by atoms with Crippen molar-refractivity contribution in [1.82, 2.24) is 19.9 Å². The molecule has 7 nitrogen and oxygen atoms in total. The molecule has 3 aliphatic rings. The van der Waals surface area contributed by atoms with Crippen molar-refractivity contribution in [2.24, 2.45) is 11.8 Å². The number of piperidine rings is 1. The Morgan fingerprint density at radius 3 is 2.83 bits per heavy atom. The number of hydrogen-bond donors (Lipinski definition) is 0. The summed E-state index contributed by atoms with van der Waals surface area (Å²) in [5, 5.41) is 4.07. The average Bonchev–Trinajstić information content (AvgIpc) is 3.24. The predicted molar refractivity (Wildman–Crippen MR) is 85.0 cm³/mol.